The molecule has 0 atom stereocenters. The molecule has 2 aromatic carbocycles. The molecule has 3 rings (SSSR count). The van der Waals surface area contributed by atoms with Crippen molar-refractivity contribution < 1.29 is 47.7 Å². The van der Waals surface area contributed by atoms with Crippen molar-refractivity contribution in [1.82, 2.24) is 0 Å². The zero-order valence-electron chi connectivity index (χ0n) is 22.1. The number of hydrogen-bond acceptors (Lipinski definition) is 10. The van der Waals surface area contributed by atoms with E-state index in [2.05, 4.69) is 17.9 Å². The smallest absolute Gasteiger partial charge is 0.343 e. The zero-order valence-corrected chi connectivity index (χ0v) is 22.1. The van der Waals surface area contributed by atoms with Crippen LogP contribution >= 0.6 is 0 Å². The fourth-order valence-corrected chi connectivity index (χ4v) is 3.73. The van der Waals surface area contributed by atoms with Crippen LogP contribution in [0.25, 0.3) is 0 Å². The predicted molar refractivity (Wildman–Crippen MR) is 142 cm³/mol. The van der Waals surface area contributed by atoms with Crippen LogP contribution in [-0.4, -0.2) is 43.1 Å². The molecule has 0 saturated heterocycles. The molecule has 210 valence electrons. The molecule has 0 heterocycles. The van der Waals surface area contributed by atoms with Crippen LogP contribution in [0.3, 0.4) is 0 Å². The van der Waals surface area contributed by atoms with Crippen molar-refractivity contribution in [2.75, 3.05) is 7.11 Å². The van der Waals surface area contributed by atoms with Gasteiger partial charge in [0.15, 0.2) is 0 Å². The van der Waals surface area contributed by atoms with E-state index in [0.717, 1.165) is 32.1 Å². The molecule has 0 bridgehead atoms. The molecule has 1 aliphatic rings. The number of rotatable bonds is 11. The van der Waals surface area contributed by atoms with E-state index >= 15 is 0 Å². The molecule has 1 aliphatic carbocycles. The lowest BCUT2D eigenvalue weighted by Crippen LogP contribution is -2.22. The van der Waals surface area contributed by atoms with Gasteiger partial charge in [0.2, 0.25) is 0 Å². The largest absolute Gasteiger partial charge is 0.469 e. The summed E-state index contributed by atoms with van der Waals surface area (Å²) in [6, 6.07) is 11.3. The summed E-state index contributed by atoms with van der Waals surface area (Å²) in [5, 5.41) is 0. The number of ether oxygens (including phenoxy) is 5. The van der Waals surface area contributed by atoms with Gasteiger partial charge in [0, 0.05) is 11.1 Å². The quantitative estimate of drug-likeness (QED) is 0.221. The zero-order chi connectivity index (χ0) is 29.1. The topological polar surface area (TPSA) is 132 Å². The van der Waals surface area contributed by atoms with Crippen LogP contribution in [0.5, 0.6) is 17.2 Å². The minimum atomic E-state index is -0.793. The van der Waals surface area contributed by atoms with E-state index in [1.54, 1.807) is 0 Å². The Labute approximate surface area is 231 Å². The van der Waals surface area contributed by atoms with Gasteiger partial charge in [-0.05, 0) is 74.2 Å². The third-order valence-electron chi connectivity index (χ3n) is 5.92. The summed E-state index contributed by atoms with van der Waals surface area (Å²) in [6.07, 6.45) is 4.15. The minimum absolute atomic E-state index is 0.0359. The molecular weight excluding hydrogens is 520 g/mol. The Hall–Kier alpha value is -4.73. The summed E-state index contributed by atoms with van der Waals surface area (Å²) < 4.78 is 25.6. The molecule has 1 fully saturated rings. The van der Waals surface area contributed by atoms with Crippen molar-refractivity contribution >= 4 is 29.8 Å². The third kappa shape index (κ3) is 9.23. The molecule has 2 aromatic rings. The summed E-state index contributed by atoms with van der Waals surface area (Å²) >= 11 is 0. The number of carbonyl (C=O) groups is 5. The van der Waals surface area contributed by atoms with Gasteiger partial charge in [0.25, 0.3) is 0 Å². The maximum atomic E-state index is 12.5. The Morgan fingerprint density at radius 3 is 1.62 bits per heavy atom. The lowest BCUT2D eigenvalue weighted by molar-refractivity contribution is -0.150. The van der Waals surface area contributed by atoms with Gasteiger partial charge in [-0.2, -0.15) is 0 Å². The predicted octanol–water partition coefficient (Wildman–Crippen LogP) is 4.66. The van der Waals surface area contributed by atoms with Crippen molar-refractivity contribution in [2.45, 2.75) is 51.0 Å². The van der Waals surface area contributed by atoms with Crippen molar-refractivity contribution in [3.05, 3.63) is 78.4 Å². The Kier molecular flexibility index (Phi) is 10.8. The average Bonchev–Trinajstić information content (AvgIpc) is 2.94. The van der Waals surface area contributed by atoms with E-state index in [0.29, 0.717) is 0 Å². The third-order valence-corrected chi connectivity index (χ3v) is 5.92. The first-order chi connectivity index (χ1) is 19.1. The van der Waals surface area contributed by atoms with Crippen LogP contribution in [0.4, 0.5) is 0 Å². The normalized spacial score (nSPS) is 12.9. The highest BCUT2D eigenvalue weighted by Crippen LogP contribution is 2.23. The van der Waals surface area contributed by atoms with E-state index in [9.17, 15) is 24.0 Å². The molecule has 0 radical (unpaired) electrons. The SMILES string of the molecule is C=C(CC(=O)OC)C(=O)Oc1ccc(OC(=O)c2ccc(OC(=O)C(=C)CC(=O)OC3CCCCC3)cc2)cc1. The lowest BCUT2D eigenvalue weighted by atomic mass is 9.98. The summed E-state index contributed by atoms with van der Waals surface area (Å²) in [5.41, 5.74) is 0.0773. The van der Waals surface area contributed by atoms with Gasteiger partial charge in [-0.1, -0.05) is 19.6 Å². The van der Waals surface area contributed by atoms with Crippen LogP contribution < -0.4 is 14.2 Å². The van der Waals surface area contributed by atoms with Gasteiger partial charge in [-0.25, -0.2) is 14.4 Å². The summed E-state index contributed by atoms with van der Waals surface area (Å²) in [5.74, 6) is -2.87. The second-order valence-electron chi connectivity index (χ2n) is 9.05. The monoisotopic (exact) mass is 550 g/mol. The Morgan fingerprint density at radius 2 is 1.12 bits per heavy atom. The number of benzene rings is 2. The first-order valence-electron chi connectivity index (χ1n) is 12.6. The standard InChI is InChI=1S/C30H30O10/c1-19(17-26(31)36-3)28(33)39-24-13-15-25(16-14-24)40-30(35)21-9-11-23(12-10-21)38-29(34)20(2)18-27(32)37-22-7-5-4-6-8-22/h9-16,22H,1-2,4-8,17-18H2,3H3. The second-order valence-corrected chi connectivity index (χ2v) is 9.05. The van der Waals surface area contributed by atoms with E-state index < -0.39 is 29.8 Å². The Morgan fingerprint density at radius 1 is 0.675 bits per heavy atom. The molecule has 10 heteroatoms. The molecule has 1 saturated carbocycles. The van der Waals surface area contributed by atoms with E-state index in [1.165, 1.54) is 55.6 Å². The molecule has 0 spiro atoms. The highest BCUT2D eigenvalue weighted by molar-refractivity contribution is 5.95. The molecule has 10 nitrogen and oxygen atoms in total. The number of esters is 5. The molecule has 0 N–H and O–H groups in total. The number of carbonyl (C=O) groups excluding carboxylic acids is 5. The highest BCUT2D eigenvalue weighted by Gasteiger charge is 2.21. The molecule has 40 heavy (non-hydrogen) atoms. The van der Waals surface area contributed by atoms with Crippen LogP contribution in [0, 0.1) is 0 Å². The lowest BCUT2D eigenvalue weighted by Gasteiger charge is -2.21. The van der Waals surface area contributed by atoms with E-state index in [1.807, 2.05) is 0 Å². The van der Waals surface area contributed by atoms with Crippen molar-refractivity contribution in [3.8, 4) is 17.2 Å². The van der Waals surface area contributed by atoms with E-state index in [-0.39, 0.29) is 52.9 Å². The summed E-state index contributed by atoms with van der Waals surface area (Å²) in [4.78, 5) is 60.1. The minimum Gasteiger partial charge on any atom is -0.469 e. The van der Waals surface area contributed by atoms with Crippen molar-refractivity contribution in [2.24, 2.45) is 0 Å². The molecule has 0 unspecified atom stereocenters. The summed E-state index contributed by atoms with van der Waals surface area (Å²) in [7, 11) is 1.20. The average molecular weight is 551 g/mol. The van der Waals surface area contributed by atoms with Crippen LogP contribution in [0.15, 0.2) is 72.8 Å². The van der Waals surface area contributed by atoms with Gasteiger partial charge < -0.3 is 23.7 Å². The number of hydrogen-bond donors (Lipinski definition) is 0. The van der Waals surface area contributed by atoms with Gasteiger partial charge in [0.05, 0.1) is 25.5 Å². The maximum Gasteiger partial charge on any atom is 0.343 e. The number of methoxy groups -OCH3 is 1. The molecule has 0 amide bonds. The first kappa shape index (κ1) is 29.8. The second kappa shape index (κ2) is 14.4. The molecule has 0 aliphatic heterocycles. The van der Waals surface area contributed by atoms with Crippen LogP contribution in [0.2, 0.25) is 0 Å². The van der Waals surface area contributed by atoms with E-state index in [4.69, 9.17) is 18.9 Å². The Balaban J connectivity index is 1.46. The van der Waals surface area contributed by atoms with Gasteiger partial charge in [-0.15, -0.1) is 0 Å². The van der Waals surface area contributed by atoms with Gasteiger partial charge in [0.1, 0.15) is 23.4 Å². The first-order valence-corrected chi connectivity index (χ1v) is 12.6. The van der Waals surface area contributed by atoms with Crippen molar-refractivity contribution in [3.63, 3.8) is 0 Å². The Bertz CT molecular complexity index is 1270. The van der Waals surface area contributed by atoms with Crippen molar-refractivity contribution in [1.29, 1.82) is 0 Å². The van der Waals surface area contributed by atoms with Gasteiger partial charge in [-0.3, -0.25) is 9.59 Å². The fraction of sp³-hybridized carbons (Fsp3) is 0.300. The van der Waals surface area contributed by atoms with Crippen LogP contribution in [0.1, 0.15) is 55.3 Å². The summed E-state index contributed by atoms with van der Waals surface area (Å²) in [6.45, 7) is 7.12. The molecular formula is C30H30O10. The molecule has 0 aromatic heterocycles. The fourth-order valence-electron chi connectivity index (χ4n) is 3.73. The van der Waals surface area contributed by atoms with Gasteiger partial charge >= 0.3 is 29.8 Å². The maximum absolute atomic E-state index is 12.5. The highest BCUT2D eigenvalue weighted by atomic mass is 16.6. The van der Waals surface area contributed by atoms with Crippen LogP contribution in [-0.2, 0) is 28.7 Å².